The van der Waals surface area contributed by atoms with Crippen molar-refractivity contribution >= 4 is 37.7 Å². The smallest absolute Gasteiger partial charge is 0.307 e. The van der Waals surface area contributed by atoms with E-state index in [1.54, 1.807) is 19.1 Å². The summed E-state index contributed by atoms with van der Waals surface area (Å²) < 4.78 is 35.2. The van der Waals surface area contributed by atoms with Crippen LogP contribution in [-0.2, 0) is 15.0 Å². The van der Waals surface area contributed by atoms with Crippen LogP contribution in [-0.4, -0.2) is 31.1 Å². The lowest BCUT2D eigenvalue weighted by atomic mass is 10.3. The number of aromatic nitrogens is 1. The van der Waals surface area contributed by atoms with Crippen molar-refractivity contribution in [3.63, 3.8) is 0 Å². The molecule has 0 aliphatic carbocycles. The molecule has 1 aliphatic rings. The molecule has 1 aromatic rings. The molecule has 2 rings (SSSR count). The molecule has 0 bridgehead atoms. The predicted octanol–water partition coefficient (Wildman–Crippen LogP) is 1.56. The maximum Gasteiger partial charge on any atom is 0.307 e. The lowest BCUT2D eigenvalue weighted by molar-refractivity contribution is -0.117. The summed E-state index contributed by atoms with van der Waals surface area (Å²) in [7, 11) is -4.69. The first-order chi connectivity index (χ1) is 8.29. The number of nitrogens with zero attached hydrogens (tertiary/aromatic N) is 2. The van der Waals surface area contributed by atoms with Gasteiger partial charge in [-0.1, -0.05) is 0 Å². The van der Waals surface area contributed by atoms with Crippen molar-refractivity contribution < 1.29 is 17.1 Å². The number of carbonyl (C=O) groups excluding carboxylic acids is 1. The normalized spacial score (nSPS) is 20.5. The fraction of sp³-hybridized carbons (Fsp3) is 0.400. The monoisotopic (exact) mass is 336 g/mol. The standard InChI is InChI=1S/C10H10BrFN2O3S/c1-6-8(2-3-9(11)13-6)14-5-7(4-10(14)15)18(12,16)17/h2-3,7H,4-5H2,1H3. The van der Waals surface area contributed by atoms with Crippen LogP contribution in [0.25, 0.3) is 0 Å². The molecular weight excluding hydrogens is 327 g/mol. The van der Waals surface area contributed by atoms with Crippen LogP contribution in [0.4, 0.5) is 9.57 Å². The zero-order valence-corrected chi connectivity index (χ0v) is 11.8. The summed E-state index contributed by atoms with van der Waals surface area (Å²) in [5.74, 6) is -0.409. The zero-order chi connectivity index (χ0) is 13.5. The van der Waals surface area contributed by atoms with Crippen LogP contribution in [0, 0.1) is 6.92 Å². The highest BCUT2D eigenvalue weighted by Crippen LogP contribution is 2.28. The molecule has 18 heavy (non-hydrogen) atoms. The molecular formula is C10H10BrFN2O3S. The molecule has 8 heteroatoms. The van der Waals surface area contributed by atoms with Gasteiger partial charge in [-0.25, -0.2) is 4.98 Å². The molecule has 0 aromatic carbocycles. The molecule has 1 saturated heterocycles. The largest absolute Gasteiger partial charge is 0.309 e. The highest BCUT2D eigenvalue weighted by Gasteiger charge is 2.39. The maximum absolute atomic E-state index is 12.9. The van der Waals surface area contributed by atoms with E-state index in [9.17, 15) is 17.1 Å². The average molecular weight is 337 g/mol. The van der Waals surface area contributed by atoms with Crippen LogP contribution < -0.4 is 4.90 Å². The summed E-state index contributed by atoms with van der Waals surface area (Å²) in [6.45, 7) is 1.53. The van der Waals surface area contributed by atoms with Crippen molar-refractivity contribution in [3.05, 3.63) is 22.4 Å². The van der Waals surface area contributed by atoms with Gasteiger partial charge in [0.2, 0.25) is 5.91 Å². The first-order valence-corrected chi connectivity index (χ1v) is 7.40. The second-order valence-corrected chi connectivity index (χ2v) is 6.47. The average Bonchev–Trinajstić information content (AvgIpc) is 2.60. The Hall–Kier alpha value is -1.02. The molecule has 1 aromatic heterocycles. The molecule has 1 atom stereocenters. The third-order valence-corrected chi connectivity index (χ3v) is 4.36. The summed E-state index contributed by atoms with van der Waals surface area (Å²) in [6, 6.07) is 3.30. The minimum atomic E-state index is -4.69. The summed E-state index contributed by atoms with van der Waals surface area (Å²) in [6.07, 6.45) is -0.325. The van der Waals surface area contributed by atoms with E-state index < -0.39 is 21.4 Å². The van der Waals surface area contributed by atoms with E-state index in [2.05, 4.69) is 20.9 Å². The van der Waals surface area contributed by atoms with Crippen LogP contribution >= 0.6 is 15.9 Å². The van der Waals surface area contributed by atoms with Gasteiger partial charge in [-0.05, 0) is 35.0 Å². The van der Waals surface area contributed by atoms with E-state index in [1.807, 2.05) is 0 Å². The second kappa shape index (κ2) is 4.58. The van der Waals surface area contributed by atoms with Crippen molar-refractivity contribution in [1.82, 2.24) is 4.98 Å². The quantitative estimate of drug-likeness (QED) is 0.607. The lowest BCUT2D eigenvalue weighted by Crippen LogP contribution is -2.27. The third-order valence-electron chi connectivity index (χ3n) is 2.80. The Bertz CT molecular complexity index is 605. The molecule has 1 aliphatic heterocycles. The Kier molecular flexibility index (Phi) is 3.41. The van der Waals surface area contributed by atoms with Crippen LogP contribution in [0.5, 0.6) is 0 Å². The Balaban J connectivity index is 2.33. The van der Waals surface area contributed by atoms with Gasteiger partial charge in [-0.3, -0.25) is 4.79 Å². The number of hydrogen-bond acceptors (Lipinski definition) is 4. The third kappa shape index (κ3) is 2.54. The molecule has 1 fully saturated rings. The number of hydrogen-bond donors (Lipinski definition) is 0. The maximum atomic E-state index is 12.9. The number of carbonyl (C=O) groups is 1. The van der Waals surface area contributed by atoms with Gasteiger partial charge in [-0.15, -0.1) is 3.89 Å². The van der Waals surface area contributed by atoms with E-state index in [1.165, 1.54) is 4.90 Å². The number of aryl methyl sites for hydroxylation is 1. The number of halogens is 2. The van der Waals surface area contributed by atoms with Gasteiger partial charge in [0.15, 0.2) is 0 Å². The summed E-state index contributed by atoms with van der Waals surface area (Å²) >= 11 is 3.19. The van der Waals surface area contributed by atoms with Crippen LogP contribution in [0.3, 0.4) is 0 Å². The van der Waals surface area contributed by atoms with E-state index in [0.717, 1.165) is 0 Å². The summed E-state index contributed by atoms with van der Waals surface area (Å²) in [5.41, 5.74) is 1.09. The highest BCUT2D eigenvalue weighted by atomic mass is 79.9. The van der Waals surface area contributed by atoms with Crippen molar-refractivity contribution in [2.24, 2.45) is 0 Å². The molecule has 2 heterocycles. The summed E-state index contributed by atoms with van der Waals surface area (Å²) in [4.78, 5) is 17.1. The molecule has 0 N–H and O–H groups in total. The first-order valence-electron chi connectivity index (χ1n) is 5.16. The molecule has 98 valence electrons. The minimum Gasteiger partial charge on any atom is -0.309 e. The highest BCUT2D eigenvalue weighted by molar-refractivity contribution is 9.10. The molecule has 0 spiro atoms. The van der Waals surface area contributed by atoms with Crippen molar-refractivity contribution in [3.8, 4) is 0 Å². The molecule has 0 saturated carbocycles. The lowest BCUT2D eigenvalue weighted by Gasteiger charge is -2.17. The van der Waals surface area contributed by atoms with Gasteiger partial charge in [-0.2, -0.15) is 8.42 Å². The molecule has 1 unspecified atom stereocenters. The molecule has 5 nitrogen and oxygen atoms in total. The SMILES string of the molecule is Cc1nc(Br)ccc1N1CC(S(=O)(=O)F)CC1=O. The van der Waals surface area contributed by atoms with E-state index in [-0.39, 0.29) is 13.0 Å². The molecule has 1 amide bonds. The minimum absolute atomic E-state index is 0.165. The van der Waals surface area contributed by atoms with Crippen molar-refractivity contribution in [1.29, 1.82) is 0 Å². The Morgan fingerprint density at radius 1 is 1.50 bits per heavy atom. The van der Waals surface area contributed by atoms with E-state index >= 15 is 0 Å². The topological polar surface area (TPSA) is 67.3 Å². The van der Waals surface area contributed by atoms with Gasteiger partial charge >= 0.3 is 10.2 Å². The van der Waals surface area contributed by atoms with Crippen molar-refractivity contribution in [2.75, 3.05) is 11.4 Å². The van der Waals surface area contributed by atoms with Gasteiger partial charge < -0.3 is 4.90 Å². The van der Waals surface area contributed by atoms with Crippen molar-refractivity contribution in [2.45, 2.75) is 18.6 Å². The van der Waals surface area contributed by atoms with Crippen LogP contribution in [0.2, 0.25) is 0 Å². The predicted molar refractivity (Wildman–Crippen MR) is 67.5 cm³/mol. The second-order valence-electron chi connectivity index (χ2n) is 4.04. The Labute approximate surface area is 112 Å². The summed E-state index contributed by atoms with van der Waals surface area (Å²) in [5, 5.41) is -1.28. The Morgan fingerprint density at radius 3 is 2.67 bits per heavy atom. The number of amides is 1. The Morgan fingerprint density at radius 2 is 2.17 bits per heavy atom. The first kappa shape index (κ1) is 13.4. The zero-order valence-electron chi connectivity index (χ0n) is 9.43. The molecule has 0 radical (unpaired) electrons. The van der Waals surface area contributed by atoms with Crippen LogP contribution in [0.1, 0.15) is 12.1 Å². The number of rotatable bonds is 2. The van der Waals surface area contributed by atoms with Gasteiger partial charge in [0.25, 0.3) is 0 Å². The van der Waals surface area contributed by atoms with Crippen LogP contribution in [0.15, 0.2) is 16.7 Å². The fourth-order valence-corrected chi connectivity index (χ4v) is 2.97. The number of anilines is 1. The fourth-order valence-electron chi connectivity index (χ4n) is 1.90. The van der Waals surface area contributed by atoms with Gasteiger partial charge in [0, 0.05) is 13.0 Å². The van der Waals surface area contributed by atoms with E-state index in [0.29, 0.717) is 16.0 Å². The van der Waals surface area contributed by atoms with Gasteiger partial charge in [0.1, 0.15) is 9.85 Å². The number of pyridine rings is 1. The van der Waals surface area contributed by atoms with Gasteiger partial charge in [0.05, 0.1) is 11.4 Å². The van der Waals surface area contributed by atoms with E-state index in [4.69, 9.17) is 0 Å².